The summed E-state index contributed by atoms with van der Waals surface area (Å²) >= 11 is 0. The van der Waals surface area contributed by atoms with Crippen molar-refractivity contribution >= 4 is 17.1 Å². The van der Waals surface area contributed by atoms with Crippen molar-refractivity contribution in [2.45, 2.75) is 39.2 Å². The highest BCUT2D eigenvalue weighted by Gasteiger charge is 2.27. The predicted octanol–water partition coefficient (Wildman–Crippen LogP) is 3.66. The number of likely N-dealkylation sites (tertiary alicyclic amines) is 1. The third kappa shape index (κ3) is 4.81. The molecule has 1 amide bonds. The number of para-hydroxylation sites is 2. The summed E-state index contributed by atoms with van der Waals surface area (Å²) in [6.07, 6.45) is 3.24. The van der Waals surface area contributed by atoms with Gasteiger partial charge in [-0.05, 0) is 51.7 Å². The monoisotopic (exact) mass is 343 g/mol. The molecule has 1 aliphatic heterocycles. The van der Waals surface area contributed by atoms with Crippen LogP contribution in [0, 0.1) is 5.92 Å². The van der Waals surface area contributed by atoms with Gasteiger partial charge in [-0.2, -0.15) is 0 Å². The first-order chi connectivity index (χ1) is 11.9. The highest BCUT2D eigenvalue weighted by atomic mass is 16.6. The summed E-state index contributed by atoms with van der Waals surface area (Å²) in [6.45, 7) is 7.65. The lowest BCUT2D eigenvalue weighted by Gasteiger charge is -2.33. The maximum Gasteiger partial charge on any atom is 0.410 e. The Morgan fingerprint density at radius 1 is 1.20 bits per heavy atom. The van der Waals surface area contributed by atoms with Crippen molar-refractivity contribution in [2.75, 3.05) is 19.7 Å². The maximum atomic E-state index is 12.1. The first kappa shape index (κ1) is 17.5. The standard InChI is InChI=1S/C19H25N3O3/c1-19(2,3)25-18(23)22-10-8-14(9-11-22)13-24-17-12-20-15-6-4-5-7-16(15)21-17/h4-7,12,14H,8-11,13H2,1-3H3. The van der Waals surface area contributed by atoms with Crippen molar-refractivity contribution in [3.63, 3.8) is 0 Å². The van der Waals surface area contributed by atoms with E-state index in [1.807, 2.05) is 45.0 Å². The molecule has 0 atom stereocenters. The van der Waals surface area contributed by atoms with Crippen LogP contribution in [0.15, 0.2) is 30.5 Å². The molecule has 2 aromatic rings. The van der Waals surface area contributed by atoms with Crippen molar-refractivity contribution in [1.29, 1.82) is 0 Å². The summed E-state index contributed by atoms with van der Waals surface area (Å²) in [4.78, 5) is 22.7. The van der Waals surface area contributed by atoms with Gasteiger partial charge in [0.15, 0.2) is 0 Å². The van der Waals surface area contributed by atoms with Gasteiger partial charge in [0.05, 0.1) is 23.8 Å². The summed E-state index contributed by atoms with van der Waals surface area (Å²) in [5, 5.41) is 0. The number of carbonyl (C=O) groups excluding carboxylic acids is 1. The fourth-order valence-electron chi connectivity index (χ4n) is 2.82. The zero-order valence-electron chi connectivity index (χ0n) is 15.1. The first-order valence-electron chi connectivity index (χ1n) is 8.73. The van der Waals surface area contributed by atoms with Crippen LogP contribution in [0.3, 0.4) is 0 Å². The second-order valence-corrected chi connectivity index (χ2v) is 7.42. The lowest BCUT2D eigenvalue weighted by atomic mass is 9.98. The van der Waals surface area contributed by atoms with Crippen molar-refractivity contribution < 1.29 is 14.3 Å². The first-order valence-corrected chi connectivity index (χ1v) is 8.73. The van der Waals surface area contributed by atoms with Crippen LogP contribution in [0.5, 0.6) is 5.88 Å². The van der Waals surface area contributed by atoms with E-state index in [0.29, 0.717) is 31.5 Å². The lowest BCUT2D eigenvalue weighted by molar-refractivity contribution is 0.0164. The molecule has 0 saturated carbocycles. The van der Waals surface area contributed by atoms with Gasteiger partial charge in [0.1, 0.15) is 5.60 Å². The minimum absolute atomic E-state index is 0.229. The van der Waals surface area contributed by atoms with Crippen LogP contribution in [0.4, 0.5) is 4.79 Å². The summed E-state index contributed by atoms with van der Waals surface area (Å²) in [5.41, 5.74) is 1.24. The normalized spacial score (nSPS) is 16.0. The zero-order valence-corrected chi connectivity index (χ0v) is 15.1. The molecule has 0 radical (unpaired) electrons. The fourth-order valence-corrected chi connectivity index (χ4v) is 2.82. The molecule has 25 heavy (non-hydrogen) atoms. The molecule has 1 fully saturated rings. The summed E-state index contributed by atoms with van der Waals surface area (Å²) in [5.74, 6) is 0.959. The van der Waals surface area contributed by atoms with E-state index < -0.39 is 5.60 Å². The van der Waals surface area contributed by atoms with Gasteiger partial charge in [-0.1, -0.05) is 12.1 Å². The van der Waals surface area contributed by atoms with Gasteiger partial charge in [0.2, 0.25) is 5.88 Å². The Balaban J connectivity index is 1.48. The fraction of sp³-hybridized carbons (Fsp3) is 0.526. The van der Waals surface area contributed by atoms with Crippen LogP contribution in [0.1, 0.15) is 33.6 Å². The molecule has 1 aromatic heterocycles. The Bertz CT molecular complexity index is 734. The molecule has 0 spiro atoms. The number of hydrogen-bond donors (Lipinski definition) is 0. The van der Waals surface area contributed by atoms with E-state index in [1.54, 1.807) is 11.1 Å². The van der Waals surface area contributed by atoms with Gasteiger partial charge in [-0.25, -0.2) is 14.8 Å². The Morgan fingerprint density at radius 3 is 2.56 bits per heavy atom. The van der Waals surface area contributed by atoms with Crippen molar-refractivity contribution in [3.8, 4) is 5.88 Å². The second-order valence-electron chi connectivity index (χ2n) is 7.42. The minimum atomic E-state index is -0.453. The van der Waals surface area contributed by atoms with Gasteiger partial charge in [0, 0.05) is 13.1 Å². The Kier molecular flexibility index (Phi) is 5.06. The van der Waals surface area contributed by atoms with E-state index in [0.717, 1.165) is 23.9 Å². The smallest absolute Gasteiger partial charge is 0.410 e. The van der Waals surface area contributed by atoms with Crippen LogP contribution >= 0.6 is 0 Å². The van der Waals surface area contributed by atoms with E-state index in [-0.39, 0.29) is 6.09 Å². The molecule has 134 valence electrons. The van der Waals surface area contributed by atoms with Crippen molar-refractivity contribution in [3.05, 3.63) is 30.5 Å². The molecule has 0 N–H and O–H groups in total. The molecule has 6 heteroatoms. The Morgan fingerprint density at radius 2 is 1.88 bits per heavy atom. The minimum Gasteiger partial charge on any atom is -0.476 e. The van der Waals surface area contributed by atoms with Crippen LogP contribution in [-0.4, -0.2) is 46.3 Å². The maximum absolute atomic E-state index is 12.1. The summed E-state index contributed by atoms with van der Waals surface area (Å²) in [7, 11) is 0. The van der Waals surface area contributed by atoms with E-state index in [2.05, 4.69) is 9.97 Å². The van der Waals surface area contributed by atoms with Crippen molar-refractivity contribution in [1.82, 2.24) is 14.9 Å². The van der Waals surface area contributed by atoms with Crippen LogP contribution in [0.2, 0.25) is 0 Å². The third-order valence-electron chi connectivity index (χ3n) is 4.16. The van der Waals surface area contributed by atoms with Gasteiger partial charge in [0.25, 0.3) is 0 Å². The molecule has 0 aliphatic carbocycles. The number of amides is 1. The molecule has 2 heterocycles. The highest BCUT2D eigenvalue weighted by molar-refractivity contribution is 5.73. The van der Waals surface area contributed by atoms with Gasteiger partial charge < -0.3 is 14.4 Å². The van der Waals surface area contributed by atoms with Crippen molar-refractivity contribution in [2.24, 2.45) is 5.92 Å². The average molecular weight is 343 g/mol. The Hall–Kier alpha value is -2.37. The summed E-state index contributed by atoms with van der Waals surface area (Å²) in [6, 6.07) is 7.73. The van der Waals surface area contributed by atoms with E-state index in [1.165, 1.54) is 0 Å². The zero-order chi connectivity index (χ0) is 17.9. The molecule has 0 unspecified atom stereocenters. The molecular formula is C19H25N3O3. The van der Waals surface area contributed by atoms with E-state index in [9.17, 15) is 4.79 Å². The predicted molar refractivity (Wildman–Crippen MR) is 95.6 cm³/mol. The molecule has 6 nitrogen and oxygen atoms in total. The number of piperidine rings is 1. The quantitative estimate of drug-likeness (QED) is 0.851. The molecule has 1 aliphatic rings. The number of hydrogen-bond acceptors (Lipinski definition) is 5. The Labute approximate surface area is 148 Å². The number of aromatic nitrogens is 2. The molecule has 1 aromatic carbocycles. The number of fused-ring (bicyclic) bond motifs is 1. The van der Waals surface area contributed by atoms with Crippen LogP contribution < -0.4 is 4.74 Å². The highest BCUT2D eigenvalue weighted by Crippen LogP contribution is 2.21. The number of rotatable bonds is 3. The van der Waals surface area contributed by atoms with E-state index in [4.69, 9.17) is 9.47 Å². The average Bonchev–Trinajstić information content (AvgIpc) is 2.59. The van der Waals surface area contributed by atoms with Gasteiger partial charge in [-0.3, -0.25) is 0 Å². The lowest BCUT2D eigenvalue weighted by Crippen LogP contribution is -2.42. The number of nitrogens with zero attached hydrogens (tertiary/aromatic N) is 3. The number of carbonyl (C=O) groups is 1. The van der Waals surface area contributed by atoms with E-state index >= 15 is 0 Å². The van der Waals surface area contributed by atoms with Crippen LogP contribution in [0.25, 0.3) is 11.0 Å². The third-order valence-corrected chi connectivity index (χ3v) is 4.16. The number of benzene rings is 1. The van der Waals surface area contributed by atoms with Crippen LogP contribution in [-0.2, 0) is 4.74 Å². The summed E-state index contributed by atoms with van der Waals surface area (Å²) < 4.78 is 11.2. The molecule has 1 saturated heterocycles. The molecule has 0 bridgehead atoms. The second kappa shape index (κ2) is 7.25. The molecular weight excluding hydrogens is 318 g/mol. The number of ether oxygens (including phenoxy) is 2. The topological polar surface area (TPSA) is 64.5 Å². The van der Waals surface area contributed by atoms with Gasteiger partial charge >= 0.3 is 6.09 Å². The largest absolute Gasteiger partial charge is 0.476 e. The van der Waals surface area contributed by atoms with Gasteiger partial charge in [-0.15, -0.1) is 0 Å². The SMILES string of the molecule is CC(C)(C)OC(=O)N1CCC(COc2cnc3ccccc3n2)CC1. The molecule has 3 rings (SSSR count).